The Balaban J connectivity index is 1.34. The monoisotopic (exact) mass is 422 g/mol. The molecule has 0 aliphatic rings. The number of hydrogen-bond donors (Lipinski definition) is 2. The summed E-state index contributed by atoms with van der Waals surface area (Å²) >= 11 is 0. The lowest BCUT2D eigenvalue weighted by Crippen LogP contribution is -2.12. The van der Waals surface area contributed by atoms with Gasteiger partial charge in [-0.05, 0) is 43.2 Å². The van der Waals surface area contributed by atoms with E-state index >= 15 is 0 Å². The highest BCUT2D eigenvalue weighted by Crippen LogP contribution is 2.26. The SMILES string of the molecule is Cc1cccc(Cn2cc(NC(=O)c3n[nH]c4cc(-c5cccnc5C)ccc34)cn2)c1. The van der Waals surface area contributed by atoms with Gasteiger partial charge in [-0.3, -0.25) is 19.6 Å². The summed E-state index contributed by atoms with van der Waals surface area (Å²) in [7, 11) is 0. The number of nitrogens with one attached hydrogen (secondary N) is 2. The second-order valence-corrected chi connectivity index (χ2v) is 7.84. The second-order valence-electron chi connectivity index (χ2n) is 7.84. The Kier molecular flexibility index (Phi) is 4.99. The lowest BCUT2D eigenvalue weighted by atomic mass is 10.0. The van der Waals surface area contributed by atoms with E-state index in [4.69, 9.17) is 0 Å². The minimum Gasteiger partial charge on any atom is -0.318 e. The molecule has 0 bridgehead atoms. The standard InChI is InChI=1S/C25H22N6O/c1-16-5-3-6-18(11-16)14-31-15-20(13-27-31)28-25(32)24-22-9-8-19(12-23(22)29-30-24)21-7-4-10-26-17(21)2/h3-13,15H,14H2,1-2H3,(H,28,32)(H,29,30). The van der Waals surface area contributed by atoms with Crippen LogP contribution in [0.4, 0.5) is 5.69 Å². The van der Waals surface area contributed by atoms with Gasteiger partial charge in [0.05, 0.1) is 23.9 Å². The van der Waals surface area contributed by atoms with Gasteiger partial charge in [-0.15, -0.1) is 0 Å². The molecule has 5 aromatic rings. The first kappa shape index (κ1) is 19.7. The van der Waals surface area contributed by atoms with Gasteiger partial charge in [0.2, 0.25) is 0 Å². The van der Waals surface area contributed by atoms with Crippen LogP contribution in [0.15, 0.2) is 73.2 Å². The molecular formula is C25H22N6O. The van der Waals surface area contributed by atoms with Gasteiger partial charge < -0.3 is 5.32 Å². The predicted octanol–water partition coefficient (Wildman–Crippen LogP) is 4.74. The number of aromatic nitrogens is 5. The normalized spacial score (nSPS) is 11.1. The number of H-pyrrole nitrogens is 1. The third kappa shape index (κ3) is 3.88. The number of anilines is 1. The van der Waals surface area contributed by atoms with E-state index in [9.17, 15) is 4.79 Å². The summed E-state index contributed by atoms with van der Waals surface area (Å²) in [5.74, 6) is -0.281. The van der Waals surface area contributed by atoms with Crippen molar-refractivity contribution in [3.05, 3.63) is 95.7 Å². The molecular weight excluding hydrogens is 400 g/mol. The summed E-state index contributed by atoms with van der Waals surface area (Å²) < 4.78 is 1.80. The quantitative estimate of drug-likeness (QED) is 0.428. The van der Waals surface area contributed by atoms with Crippen LogP contribution in [0.1, 0.15) is 27.3 Å². The highest BCUT2D eigenvalue weighted by molar-refractivity contribution is 6.11. The maximum atomic E-state index is 12.9. The number of rotatable bonds is 5. The Morgan fingerprint density at radius 2 is 2.00 bits per heavy atom. The molecule has 0 unspecified atom stereocenters. The number of aromatic amines is 1. The largest absolute Gasteiger partial charge is 0.318 e. The Morgan fingerprint density at radius 1 is 1.09 bits per heavy atom. The topological polar surface area (TPSA) is 88.5 Å². The molecule has 158 valence electrons. The third-order valence-electron chi connectivity index (χ3n) is 5.41. The summed E-state index contributed by atoms with van der Waals surface area (Å²) in [6.45, 7) is 4.68. The van der Waals surface area contributed by atoms with Crippen molar-refractivity contribution in [3.63, 3.8) is 0 Å². The van der Waals surface area contributed by atoms with Crippen molar-refractivity contribution in [1.29, 1.82) is 0 Å². The molecule has 0 saturated heterocycles. The van der Waals surface area contributed by atoms with E-state index in [1.807, 2.05) is 49.5 Å². The number of hydrogen-bond acceptors (Lipinski definition) is 4. The van der Waals surface area contributed by atoms with E-state index in [0.717, 1.165) is 33.3 Å². The Labute approximate surface area is 185 Å². The molecule has 3 heterocycles. The average molecular weight is 422 g/mol. The van der Waals surface area contributed by atoms with Crippen molar-refractivity contribution < 1.29 is 4.79 Å². The number of carbonyl (C=O) groups excluding carboxylic acids is 1. The molecule has 7 heteroatoms. The number of benzene rings is 2. The zero-order chi connectivity index (χ0) is 22.1. The second kappa shape index (κ2) is 8.11. The van der Waals surface area contributed by atoms with Crippen LogP contribution in [0.3, 0.4) is 0 Å². The van der Waals surface area contributed by atoms with E-state index in [1.165, 1.54) is 5.56 Å². The molecule has 2 N–H and O–H groups in total. The molecule has 1 amide bonds. The lowest BCUT2D eigenvalue weighted by molar-refractivity contribution is 0.102. The fourth-order valence-electron chi connectivity index (χ4n) is 3.85. The van der Waals surface area contributed by atoms with Gasteiger partial charge in [0.1, 0.15) is 0 Å². The average Bonchev–Trinajstić information content (AvgIpc) is 3.40. The Hall–Kier alpha value is -4.26. The molecule has 0 spiro atoms. The van der Waals surface area contributed by atoms with Crippen LogP contribution in [-0.4, -0.2) is 30.9 Å². The van der Waals surface area contributed by atoms with Crippen LogP contribution in [0.2, 0.25) is 0 Å². The van der Waals surface area contributed by atoms with Gasteiger partial charge in [-0.25, -0.2) is 0 Å². The predicted molar refractivity (Wildman–Crippen MR) is 125 cm³/mol. The Morgan fingerprint density at radius 3 is 2.84 bits per heavy atom. The first-order valence-electron chi connectivity index (χ1n) is 10.4. The minimum absolute atomic E-state index is 0.281. The maximum Gasteiger partial charge on any atom is 0.276 e. The fraction of sp³-hybridized carbons (Fsp3) is 0.120. The van der Waals surface area contributed by atoms with E-state index < -0.39 is 0 Å². The molecule has 2 aromatic carbocycles. The first-order valence-corrected chi connectivity index (χ1v) is 10.4. The van der Waals surface area contributed by atoms with Crippen LogP contribution in [0.5, 0.6) is 0 Å². The van der Waals surface area contributed by atoms with Gasteiger partial charge in [0.15, 0.2) is 5.69 Å². The fourth-order valence-corrected chi connectivity index (χ4v) is 3.85. The molecule has 0 atom stereocenters. The molecule has 7 nitrogen and oxygen atoms in total. The Bertz CT molecular complexity index is 1430. The van der Waals surface area contributed by atoms with E-state index in [0.29, 0.717) is 17.9 Å². The minimum atomic E-state index is -0.281. The number of fused-ring (bicyclic) bond motifs is 1. The number of carbonyl (C=O) groups is 1. The third-order valence-corrected chi connectivity index (χ3v) is 5.41. The van der Waals surface area contributed by atoms with E-state index in [2.05, 4.69) is 50.7 Å². The summed E-state index contributed by atoms with van der Waals surface area (Å²) in [5, 5.41) is 15.2. The van der Waals surface area contributed by atoms with Crippen molar-refractivity contribution >= 4 is 22.5 Å². The number of pyridine rings is 1. The molecule has 0 radical (unpaired) electrons. The molecule has 32 heavy (non-hydrogen) atoms. The summed E-state index contributed by atoms with van der Waals surface area (Å²) in [4.78, 5) is 17.2. The lowest BCUT2D eigenvalue weighted by Gasteiger charge is -2.05. The molecule has 0 fully saturated rings. The van der Waals surface area contributed by atoms with Crippen LogP contribution in [0, 0.1) is 13.8 Å². The zero-order valence-corrected chi connectivity index (χ0v) is 17.8. The van der Waals surface area contributed by atoms with Crippen molar-refractivity contribution in [2.24, 2.45) is 0 Å². The van der Waals surface area contributed by atoms with Crippen LogP contribution in [0.25, 0.3) is 22.0 Å². The van der Waals surface area contributed by atoms with Crippen molar-refractivity contribution in [3.8, 4) is 11.1 Å². The number of amides is 1. The summed E-state index contributed by atoms with van der Waals surface area (Å²) in [6, 6.07) is 18.1. The molecule has 0 saturated carbocycles. The van der Waals surface area contributed by atoms with Crippen molar-refractivity contribution in [1.82, 2.24) is 25.0 Å². The van der Waals surface area contributed by atoms with E-state index in [1.54, 1.807) is 17.1 Å². The summed E-state index contributed by atoms with van der Waals surface area (Å²) in [5.41, 5.74) is 7.16. The van der Waals surface area contributed by atoms with Gasteiger partial charge >= 0.3 is 0 Å². The number of nitrogens with zero attached hydrogens (tertiary/aromatic N) is 4. The van der Waals surface area contributed by atoms with Gasteiger partial charge in [0.25, 0.3) is 5.91 Å². The smallest absolute Gasteiger partial charge is 0.276 e. The van der Waals surface area contributed by atoms with Crippen molar-refractivity contribution in [2.45, 2.75) is 20.4 Å². The molecule has 0 aliphatic carbocycles. The van der Waals surface area contributed by atoms with Crippen molar-refractivity contribution in [2.75, 3.05) is 5.32 Å². The summed E-state index contributed by atoms with van der Waals surface area (Å²) in [6.07, 6.45) is 5.24. The first-order chi connectivity index (χ1) is 15.6. The highest BCUT2D eigenvalue weighted by Gasteiger charge is 2.16. The molecule has 3 aromatic heterocycles. The van der Waals surface area contributed by atoms with Gasteiger partial charge in [-0.1, -0.05) is 42.0 Å². The number of aryl methyl sites for hydroxylation is 2. The van der Waals surface area contributed by atoms with E-state index in [-0.39, 0.29) is 5.91 Å². The van der Waals surface area contributed by atoms with Crippen LogP contribution in [-0.2, 0) is 6.54 Å². The van der Waals surface area contributed by atoms with Gasteiger partial charge in [-0.2, -0.15) is 10.2 Å². The maximum absolute atomic E-state index is 12.9. The van der Waals surface area contributed by atoms with Crippen LogP contribution < -0.4 is 5.32 Å². The van der Waals surface area contributed by atoms with Crippen LogP contribution >= 0.6 is 0 Å². The highest BCUT2D eigenvalue weighted by atomic mass is 16.2. The molecule has 0 aliphatic heterocycles. The zero-order valence-electron chi connectivity index (χ0n) is 17.8. The van der Waals surface area contributed by atoms with Gasteiger partial charge in [0, 0.05) is 29.0 Å². The molecule has 5 rings (SSSR count).